The number of rotatable bonds is 5. The molecule has 0 aliphatic heterocycles. The summed E-state index contributed by atoms with van der Waals surface area (Å²) in [6, 6.07) is 12.0. The summed E-state index contributed by atoms with van der Waals surface area (Å²) in [5, 5.41) is 3.35. The van der Waals surface area contributed by atoms with Gasteiger partial charge in [-0.1, -0.05) is 32.6 Å². The summed E-state index contributed by atoms with van der Waals surface area (Å²) in [7, 11) is 3.25. The Hall–Kier alpha value is -2.75. The number of hydrogen-bond donors (Lipinski definition) is 1. The number of ether oxygens (including phenoxy) is 2. The summed E-state index contributed by atoms with van der Waals surface area (Å²) in [6.45, 7) is 11.8. The minimum Gasteiger partial charge on any atom is -0.493 e. The minimum atomic E-state index is 0.663. The topological polar surface area (TPSA) is 42.9 Å². The number of anilines is 1. The normalized spacial score (nSPS) is 10.4. The highest BCUT2D eigenvalue weighted by Crippen LogP contribution is 2.30. The van der Waals surface area contributed by atoms with Crippen molar-refractivity contribution >= 4 is 11.5 Å². The van der Waals surface area contributed by atoms with Gasteiger partial charge in [-0.2, -0.15) is 0 Å². The highest BCUT2D eigenvalue weighted by atomic mass is 16.5. The first-order valence-corrected chi connectivity index (χ1v) is 8.34. The summed E-state index contributed by atoms with van der Waals surface area (Å²) in [5.41, 5.74) is 4.12. The number of nitrogens with one attached hydrogen (secondary N) is 1. The first kappa shape index (κ1) is 20.3. The zero-order valence-corrected chi connectivity index (χ0v) is 16.0. The van der Waals surface area contributed by atoms with Gasteiger partial charge >= 0.3 is 0 Å². The SMILES string of the molecule is C=CN=C(Nc1cccc(C)c1)c1cc(OC)c(OC)cc1C.CC. The van der Waals surface area contributed by atoms with Crippen LogP contribution in [0.4, 0.5) is 5.69 Å². The van der Waals surface area contributed by atoms with Crippen LogP contribution in [0.25, 0.3) is 0 Å². The second kappa shape index (κ2) is 10.2. The Kier molecular flexibility index (Phi) is 8.27. The van der Waals surface area contributed by atoms with Crippen molar-refractivity contribution in [1.82, 2.24) is 0 Å². The van der Waals surface area contributed by atoms with Crippen LogP contribution in [0, 0.1) is 13.8 Å². The number of nitrogens with zero attached hydrogens (tertiary/aromatic N) is 1. The van der Waals surface area contributed by atoms with Crippen LogP contribution in [0.1, 0.15) is 30.5 Å². The molecule has 1 N–H and O–H groups in total. The third-order valence-electron chi connectivity index (χ3n) is 3.49. The van der Waals surface area contributed by atoms with Crippen molar-refractivity contribution in [2.75, 3.05) is 19.5 Å². The van der Waals surface area contributed by atoms with Crippen molar-refractivity contribution in [2.24, 2.45) is 4.99 Å². The molecule has 0 aromatic heterocycles. The summed E-state index contributed by atoms with van der Waals surface area (Å²) >= 11 is 0. The minimum absolute atomic E-state index is 0.663. The summed E-state index contributed by atoms with van der Waals surface area (Å²) < 4.78 is 10.7. The maximum atomic E-state index is 5.40. The molecule has 134 valence electrons. The molecule has 0 saturated carbocycles. The zero-order chi connectivity index (χ0) is 18.8. The van der Waals surface area contributed by atoms with Gasteiger partial charge in [0, 0.05) is 17.5 Å². The molecule has 0 aliphatic carbocycles. The summed E-state index contributed by atoms with van der Waals surface area (Å²) in [5.74, 6) is 2.07. The molecule has 2 aromatic carbocycles. The number of methoxy groups -OCH3 is 2. The van der Waals surface area contributed by atoms with Crippen LogP contribution in [0.2, 0.25) is 0 Å². The van der Waals surface area contributed by atoms with Gasteiger partial charge in [0.25, 0.3) is 0 Å². The van der Waals surface area contributed by atoms with Crippen molar-refractivity contribution in [3.63, 3.8) is 0 Å². The van der Waals surface area contributed by atoms with Gasteiger partial charge in [0.1, 0.15) is 5.84 Å². The van der Waals surface area contributed by atoms with Gasteiger partial charge in [-0.3, -0.25) is 0 Å². The Morgan fingerprint density at radius 2 is 1.68 bits per heavy atom. The maximum absolute atomic E-state index is 5.40. The highest BCUT2D eigenvalue weighted by molar-refractivity contribution is 6.09. The van der Waals surface area contributed by atoms with E-state index in [-0.39, 0.29) is 0 Å². The van der Waals surface area contributed by atoms with Gasteiger partial charge in [-0.05, 0) is 49.2 Å². The molecule has 2 aromatic rings. The fraction of sp³-hybridized carbons (Fsp3) is 0.286. The van der Waals surface area contributed by atoms with Gasteiger partial charge in [0.2, 0.25) is 0 Å². The van der Waals surface area contributed by atoms with Crippen LogP contribution in [-0.2, 0) is 0 Å². The molecule has 0 radical (unpaired) electrons. The zero-order valence-electron chi connectivity index (χ0n) is 16.0. The van der Waals surface area contributed by atoms with Crippen molar-refractivity contribution < 1.29 is 9.47 Å². The number of benzene rings is 2. The summed E-state index contributed by atoms with van der Waals surface area (Å²) in [4.78, 5) is 4.38. The number of aliphatic imine (C=N–C) groups is 1. The molecule has 0 heterocycles. The predicted octanol–water partition coefficient (Wildman–Crippen LogP) is 5.35. The van der Waals surface area contributed by atoms with Crippen molar-refractivity contribution in [3.05, 3.63) is 65.9 Å². The van der Waals surface area contributed by atoms with Crippen LogP contribution >= 0.6 is 0 Å². The first-order chi connectivity index (χ1) is 12.1. The Balaban J connectivity index is 0.00000151. The molecule has 0 saturated heterocycles. The van der Waals surface area contributed by atoms with Crippen molar-refractivity contribution in [1.29, 1.82) is 0 Å². The molecule has 0 spiro atoms. The third-order valence-corrected chi connectivity index (χ3v) is 3.49. The lowest BCUT2D eigenvalue weighted by Crippen LogP contribution is -2.15. The average molecular weight is 340 g/mol. The second-order valence-corrected chi connectivity index (χ2v) is 5.18. The van der Waals surface area contributed by atoms with Crippen molar-refractivity contribution in [2.45, 2.75) is 27.7 Å². The molecule has 0 fully saturated rings. The van der Waals surface area contributed by atoms with Gasteiger partial charge in [-0.25, -0.2) is 4.99 Å². The van der Waals surface area contributed by atoms with Crippen LogP contribution < -0.4 is 14.8 Å². The van der Waals surface area contributed by atoms with Crippen molar-refractivity contribution in [3.8, 4) is 11.5 Å². The number of aryl methyl sites for hydroxylation is 2. The lowest BCUT2D eigenvalue weighted by Gasteiger charge is -2.16. The van der Waals surface area contributed by atoms with E-state index in [2.05, 4.69) is 35.9 Å². The number of amidine groups is 1. The maximum Gasteiger partial charge on any atom is 0.161 e. The second-order valence-electron chi connectivity index (χ2n) is 5.18. The molecule has 25 heavy (non-hydrogen) atoms. The van der Waals surface area contributed by atoms with E-state index in [1.807, 2.05) is 45.0 Å². The van der Waals surface area contributed by atoms with Crippen LogP contribution in [-0.4, -0.2) is 20.1 Å². The van der Waals surface area contributed by atoms with E-state index in [9.17, 15) is 0 Å². The van der Waals surface area contributed by atoms with E-state index < -0.39 is 0 Å². The Morgan fingerprint density at radius 1 is 1.04 bits per heavy atom. The van der Waals surface area contributed by atoms with E-state index in [0.29, 0.717) is 17.3 Å². The molecular formula is C21H28N2O2. The Labute approximate surface area is 151 Å². The van der Waals surface area contributed by atoms with Gasteiger partial charge in [0.05, 0.1) is 14.2 Å². The van der Waals surface area contributed by atoms with E-state index >= 15 is 0 Å². The lowest BCUT2D eigenvalue weighted by molar-refractivity contribution is 0.354. The van der Waals surface area contributed by atoms with E-state index in [0.717, 1.165) is 16.8 Å². The molecule has 0 bridgehead atoms. The molecule has 0 aliphatic rings. The summed E-state index contributed by atoms with van der Waals surface area (Å²) in [6.07, 6.45) is 1.52. The fourth-order valence-corrected chi connectivity index (χ4v) is 2.36. The van der Waals surface area contributed by atoms with E-state index in [4.69, 9.17) is 9.47 Å². The van der Waals surface area contributed by atoms with Crippen LogP contribution in [0.3, 0.4) is 0 Å². The third kappa shape index (κ3) is 5.38. The molecule has 0 unspecified atom stereocenters. The fourth-order valence-electron chi connectivity index (χ4n) is 2.36. The largest absolute Gasteiger partial charge is 0.493 e. The molecule has 0 amide bonds. The highest BCUT2D eigenvalue weighted by Gasteiger charge is 2.13. The molecule has 4 nitrogen and oxygen atoms in total. The van der Waals surface area contributed by atoms with E-state index in [1.54, 1.807) is 14.2 Å². The number of hydrogen-bond acceptors (Lipinski definition) is 3. The average Bonchev–Trinajstić information content (AvgIpc) is 2.63. The van der Waals surface area contributed by atoms with E-state index in [1.165, 1.54) is 11.8 Å². The quantitative estimate of drug-likeness (QED) is 0.589. The molecule has 0 atom stereocenters. The monoisotopic (exact) mass is 340 g/mol. The molecule has 2 rings (SSSR count). The van der Waals surface area contributed by atoms with Gasteiger partial charge < -0.3 is 14.8 Å². The Bertz CT molecular complexity index is 737. The smallest absolute Gasteiger partial charge is 0.161 e. The van der Waals surface area contributed by atoms with Crippen LogP contribution in [0.15, 0.2) is 54.2 Å². The van der Waals surface area contributed by atoms with Gasteiger partial charge in [0.15, 0.2) is 11.5 Å². The predicted molar refractivity (Wildman–Crippen MR) is 107 cm³/mol. The molecular weight excluding hydrogens is 312 g/mol. The molecule has 4 heteroatoms. The standard InChI is InChI=1S/C19H22N2O2.C2H6/c1-6-20-19(21-15-9-7-8-13(2)10-15)16-12-18(23-5)17(22-4)11-14(16)3;1-2/h6-12H,1H2,2-5H3,(H,20,21);1-2H3. The Morgan fingerprint density at radius 3 is 2.24 bits per heavy atom. The van der Waals surface area contributed by atoms with Crippen LogP contribution in [0.5, 0.6) is 11.5 Å². The first-order valence-electron chi connectivity index (χ1n) is 8.34. The lowest BCUT2D eigenvalue weighted by atomic mass is 10.1. The van der Waals surface area contributed by atoms with Gasteiger partial charge in [-0.15, -0.1) is 0 Å².